The Labute approximate surface area is 117 Å². The lowest BCUT2D eigenvalue weighted by Gasteiger charge is -2.09. The molecule has 1 heterocycles. The highest BCUT2D eigenvalue weighted by atomic mass is 16.5. The lowest BCUT2D eigenvalue weighted by Crippen LogP contribution is -2.05. The lowest BCUT2D eigenvalue weighted by atomic mass is 10.1. The topological polar surface area (TPSA) is 53.1 Å². The van der Waals surface area contributed by atoms with Gasteiger partial charge in [-0.2, -0.15) is 0 Å². The molecule has 0 atom stereocenters. The van der Waals surface area contributed by atoms with Crippen molar-refractivity contribution in [1.29, 1.82) is 0 Å². The molecule has 0 aliphatic heterocycles. The fourth-order valence-corrected chi connectivity index (χ4v) is 2.43. The summed E-state index contributed by atoms with van der Waals surface area (Å²) in [4.78, 5) is 4.43. The molecule has 0 spiro atoms. The average molecular weight is 267 g/mol. The van der Waals surface area contributed by atoms with Gasteiger partial charge in [0.2, 0.25) is 5.95 Å². The van der Waals surface area contributed by atoms with Gasteiger partial charge in [0.1, 0.15) is 11.3 Å². The maximum absolute atomic E-state index is 6.07. The van der Waals surface area contributed by atoms with Crippen LogP contribution in [0.15, 0.2) is 42.5 Å². The van der Waals surface area contributed by atoms with Crippen molar-refractivity contribution in [3.63, 3.8) is 0 Å². The Bertz CT molecular complexity index is 762. The molecule has 0 radical (unpaired) electrons. The number of hydrogen-bond acceptors (Lipinski definition) is 3. The normalized spacial score (nSPS) is 10.9. The number of rotatable bonds is 3. The summed E-state index contributed by atoms with van der Waals surface area (Å²) in [6.07, 6.45) is 0. The summed E-state index contributed by atoms with van der Waals surface area (Å²) in [6.45, 7) is 2.81. The van der Waals surface area contributed by atoms with Crippen LogP contribution in [0.2, 0.25) is 0 Å². The Morgan fingerprint density at radius 3 is 2.70 bits per heavy atom. The molecular formula is C16H17N3O. The van der Waals surface area contributed by atoms with Gasteiger partial charge in [-0.15, -0.1) is 0 Å². The maximum Gasteiger partial charge on any atom is 0.201 e. The predicted molar refractivity (Wildman–Crippen MR) is 81.0 cm³/mol. The minimum absolute atomic E-state index is 0.507. The monoisotopic (exact) mass is 267 g/mol. The minimum atomic E-state index is 0.507. The molecule has 0 saturated carbocycles. The summed E-state index contributed by atoms with van der Waals surface area (Å²) in [5, 5.41) is 0. The summed E-state index contributed by atoms with van der Waals surface area (Å²) >= 11 is 0. The van der Waals surface area contributed by atoms with Crippen molar-refractivity contribution >= 4 is 17.0 Å². The van der Waals surface area contributed by atoms with Crippen LogP contribution in [-0.4, -0.2) is 16.7 Å². The van der Waals surface area contributed by atoms with Gasteiger partial charge in [-0.3, -0.25) is 0 Å². The first-order valence-electron chi connectivity index (χ1n) is 6.54. The molecule has 2 N–H and O–H groups in total. The zero-order valence-corrected chi connectivity index (χ0v) is 11.6. The van der Waals surface area contributed by atoms with Gasteiger partial charge >= 0.3 is 0 Å². The van der Waals surface area contributed by atoms with E-state index in [0.29, 0.717) is 12.5 Å². The zero-order valence-electron chi connectivity index (χ0n) is 11.6. The minimum Gasteiger partial charge on any atom is -0.494 e. The molecular weight excluding hydrogens is 250 g/mol. The number of hydrogen-bond donors (Lipinski definition) is 1. The number of nitrogens with zero attached hydrogens (tertiary/aromatic N) is 2. The number of nitrogen functional groups attached to an aromatic ring is 1. The van der Waals surface area contributed by atoms with E-state index in [0.717, 1.165) is 16.8 Å². The fourth-order valence-electron chi connectivity index (χ4n) is 2.43. The first kappa shape index (κ1) is 12.5. The summed E-state index contributed by atoms with van der Waals surface area (Å²) in [7, 11) is 1.64. The van der Waals surface area contributed by atoms with Crippen molar-refractivity contribution < 1.29 is 4.74 Å². The Morgan fingerprint density at radius 1 is 1.15 bits per heavy atom. The molecule has 20 heavy (non-hydrogen) atoms. The molecule has 3 aromatic rings. The van der Waals surface area contributed by atoms with Crippen LogP contribution >= 0.6 is 0 Å². The van der Waals surface area contributed by atoms with Gasteiger partial charge < -0.3 is 15.0 Å². The van der Waals surface area contributed by atoms with Gasteiger partial charge in [-0.05, 0) is 30.2 Å². The van der Waals surface area contributed by atoms with Crippen LogP contribution in [0.1, 0.15) is 11.1 Å². The average Bonchev–Trinajstić information content (AvgIpc) is 2.77. The molecule has 0 fully saturated rings. The van der Waals surface area contributed by atoms with Crippen molar-refractivity contribution in [2.45, 2.75) is 13.5 Å². The maximum atomic E-state index is 6.07. The molecule has 0 unspecified atom stereocenters. The van der Waals surface area contributed by atoms with Crippen LogP contribution in [0, 0.1) is 6.92 Å². The number of methoxy groups -OCH3 is 1. The third-order valence-electron chi connectivity index (χ3n) is 3.58. The second kappa shape index (κ2) is 4.89. The molecule has 0 aliphatic rings. The number of aryl methyl sites for hydroxylation is 1. The highest BCUT2D eigenvalue weighted by Crippen LogP contribution is 2.27. The van der Waals surface area contributed by atoms with Crippen LogP contribution in [0.3, 0.4) is 0 Å². The Morgan fingerprint density at radius 2 is 1.95 bits per heavy atom. The summed E-state index contributed by atoms with van der Waals surface area (Å²) in [5.74, 6) is 1.26. The number of fused-ring (bicyclic) bond motifs is 1. The highest BCUT2D eigenvalue weighted by molar-refractivity contribution is 5.84. The number of imidazole rings is 1. The summed E-state index contributed by atoms with van der Waals surface area (Å²) in [6, 6.07) is 14.2. The van der Waals surface area contributed by atoms with E-state index >= 15 is 0 Å². The summed E-state index contributed by atoms with van der Waals surface area (Å²) < 4.78 is 7.35. The Kier molecular flexibility index (Phi) is 3.06. The van der Waals surface area contributed by atoms with Gasteiger partial charge in [0, 0.05) is 0 Å². The van der Waals surface area contributed by atoms with Crippen LogP contribution in [0.5, 0.6) is 5.75 Å². The molecule has 102 valence electrons. The number of para-hydroxylation sites is 1. The van der Waals surface area contributed by atoms with E-state index in [4.69, 9.17) is 10.5 Å². The predicted octanol–water partition coefficient (Wildman–Crippen LogP) is 2.98. The van der Waals surface area contributed by atoms with Crippen LogP contribution in [0.25, 0.3) is 11.0 Å². The first-order chi connectivity index (χ1) is 9.70. The smallest absolute Gasteiger partial charge is 0.201 e. The number of ether oxygens (including phenoxy) is 1. The quantitative estimate of drug-likeness (QED) is 0.793. The second-order valence-corrected chi connectivity index (χ2v) is 4.81. The van der Waals surface area contributed by atoms with Crippen LogP contribution < -0.4 is 10.5 Å². The van der Waals surface area contributed by atoms with E-state index in [9.17, 15) is 0 Å². The first-order valence-corrected chi connectivity index (χ1v) is 6.54. The van der Waals surface area contributed by atoms with Crippen molar-refractivity contribution in [3.05, 3.63) is 53.6 Å². The largest absolute Gasteiger partial charge is 0.494 e. The van der Waals surface area contributed by atoms with E-state index in [-0.39, 0.29) is 0 Å². The zero-order chi connectivity index (χ0) is 14.1. The molecule has 0 aliphatic carbocycles. The SMILES string of the molecule is COc1cccc2c1nc(N)n2Cc1ccccc1C. The third kappa shape index (κ3) is 1.99. The molecule has 0 saturated heterocycles. The van der Waals surface area contributed by atoms with Crippen LogP contribution in [-0.2, 0) is 6.54 Å². The van der Waals surface area contributed by atoms with Gasteiger partial charge in [-0.25, -0.2) is 4.98 Å². The van der Waals surface area contributed by atoms with Crippen LogP contribution in [0.4, 0.5) is 5.95 Å². The van der Waals surface area contributed by atoms with E-state index in [2.05, 4.69) is 24.0 Å². The van der Waals surface area contributed by atoms with E-state index < -0.39 is 0 Å². The molecule has 0 amide bonds. The van der Waals surface area contributed by atoms with E-state index in [1.807, 2.05) is 34.9 Å². The van der Waals surface area contributed by atoms with Gasteiger partial charge in [0.05, 0.1) is 19.2 Å². The van der Waals surface area contributed by atoms with Crippen molar-refractivity contribution in [2.24, 2.45) is 0 Å². The third-order valence-corrected chi connectivity index (χ3v) is 3.58. The molecule has 4 heteroatoms. The Hall–Kier alpha value is -2.49. The van der Waals surface area contributed by atoms with Crippen molar-refractivity contribution in [3.8, 4) is 5.75 Å². The Balaban J connectivity index is 2.13. The standard InChI is InChI=1S/C16H17N3O/c1-11-6-3-4-7-12(11)10-19-13-8-5-9-14(20-2)15(13)18-16(19)17/h3-9H,10H2,1-2H3,(H2,17,18). The molecule has 1 aromatic heterocycles. The summed E-state index contributed by atoms with van der Waals surface area (Å²) in [5.41, 5.74) is 10.4. The number of benzene rings is 2. The number of anilines is 1. The number of aromatic nitrogens is 2. The highest BCUT2D eigenvalue weighted by Gasteiger charge is 2.12. The van der Waals surface area contributed by atoms with Crippen molar-refractivity contribution in [2.75, 3.05) is 12.8 Å². The molecule has 0 bridgehead atoms. The molecule has 4 nitrogen and oxygen atoms in total. The van der Waals surface area contributed by atoms with E-state index in [1.165, 1.54) is 11.1 Å². The lowest BCUT2D eigenvalue weighted by molar-refractivity contribution is 0.419. The van der Waals surface area contributed by atoms with Gasteiger partial charge in [0.15, 0.2) is 0 Å². The van der Waals surface area contributed by atoms with Crippen molar-refractivity contribution in [1.82, 2.24) is 9.55 Å². The number of nitrogens with two attached hydrogens (primary N) is 1. The second-order valence-electron chi connectivity index (χ2n) is 4.81. The molecule has 2 aromatic carbocycles. The van der Waals surface area contributed by atoms with E-state index in [1.54, 1.807) is 7.11 Å². The van der Waals surface area contributed by atoms with Gasteiger partial charge in [-0.1, -0.05) is 30.3 Å². The van der Waals surface area contributed by atoms with Gasteiger partial charge in [0.25, 0.3) is 0 Å². The molecule has 3 rings (SSSR count). The fraction of sp³-hybridized carbons (Fsp3) is 0.188.